The predicted molar refractivity (Wildman–Crippen MR) is 106 cm³/mol. The van der Waals surface area contributed by atoms with Crippen LogP contribution in [-0.2, 0) is 4.79 Å². The van der Waals surface area contributed by atoms with Crippen LogP contribution in [0.2, 0.25) is 0 Å². The maximum atomic E-state index is 13.3. The Labute approximate surface area is 156 Å². The molecule has 0 spiro atoms. The Bertz CT molecular complexity index is 824. The number of fused-ring (bicyclic) bond motifs is 1. The molecule has 0 N–H and O–H groups in total. The zero-order valence-corrected chi connectivity index (χ0v) is 15.2. The first-order valence-corrected chi connectivity index (χ1v) is 9.72. The second-order valence-corrected chi connectivity index (χ2v) is 7.51. The minimum atomic E-state index is 0.152. The number of benzene rings is 2. The van der Waals surface area contributed by atoms with Crippen LogP contribution in [0.5, 0.6) is 0 Å². The van der Waals surface area contributed by atoms with E-state index in [1.165, 1.54) is 16.3 Å². The van der Waals surface area contributed by atoms with E-state index in [0.29, 0.717) is 12.5 Å². The van der Waals surface area contributed by atoms with Gasteiger partial charge in [0.25, 0.3) is 0 Å². The number of likely N-dealkylation sites (tertiary alicyclic amines) is 2. The van der Waals surface area contributed by atoms with Crippen molar-refractivity contribution in [3.63, 3.8) is 0 Å². The van der Waals surface area contributed by atoms with Gasteiger partial charge in [0.05, 0.1) is 12.6 Å². The monoisotopic (exact) mass is 346 g/mol. The fraction of sp³-hybridized carbons (Fsp3) is 0.435. The van der Waals surface area contributed by atoms with Crippen molar-refractivity contribution in [1.82, 2.24) is 9.80 Å². The van der Waals surface area contributed by atoms with E-state index in [4.69, 9.17) is 6.42 Å². The first kappa shape index (κ1) is 17.1. The van der Waals surface area contributed by atoms with Crippen molar-refractivity contribution in [1.29, 1.82) is 0 Å². The van der Waals surface area contributed by atoms with Crippen molar-refractivity contribution in [2.24, 2.45) is 5.92 Å². The Balaban J connectivity index is 1.53. The Morgan fingerprint density at radius 2 is 1.81 bits per heavy atom. The molecule has 2 heterocycles. The quantitative estimate of drug-likeness (QED) is 0.788. The van der Waals surface area contributed by atoms with Crippen LogP contribution in [-0.4, -0.2) is 41.9 Å². The fourth-order valence-electron chi connectivity index (χ4n) is 4.60. The van der Waals surface area contributed by atoms with Gasteiger partial charge >= 0.3 is 0 Å². The first-order valence-electron chi connectivity index (χ1n) is 9.72. The molecule has 2 saturated heterocycles. The van der Waals surface area contributed by atoms with Gasteiger partial charge < -0.3 is 4.90 Å². The Kier molecular flexibility index (Phi) is 4.95. The topological polar surface area (TPSA) is 23.6 Å². The van der Waals surface area contributed by atoms with E-state index in [1.807, 2.05) is 0 Å². The second kappa shape index (κ2) is 7.51. The third-order valence-corrected chi connectivity index (χ3v) is 5.97. The van der Waals surface area contributed by atoms with Gasteiger partial charge in [0, 0.05) is 12.5 Å². The molecule has 2 aromatic carbocycles. The summed E-state index contributed by atoms with van der Waals surface area (Å²) in [5.41, 5.74) is 1.30. The lowest BCUT2D eigenvalue weighted by molar-refractivity contribution is -0.138. The van der Waals surface area contributed by atoms with Crippen molar-refractivity contribution >= 4 is 16.7 Å². The van der Waals surface area contributed by atoms with Crippen LogP contribution >= 0.6 is 0 Å². The number of carbonyl (C=O) groups excluding carboxylic acids is 1. The van der Waals surface area contributed by atoms with Crippen LogP contribution in [0.15, 0.2) is 42.5 Å². The molecule has 134 valence electrons. The van der Waals surface area contributed by atoms with Crippen molar-refractivity contribution in [2.75, 3.05) is 26.2 Å². The molecule has 2 aromatic rings. The Morgan fingerprint density at radius 1 is 1.04 bits per heavy atom. The molecule has 1 atom stereocenters. The lowest BCUT2D eigenvalue weighted by Crippen LogP contribution is -2.42. The highest BCUT2D eigenvalue weighted by atomic mass is 16.2. The van der Waals surface area contributed by atoms with Gasteiger partial charge in [-0.2, -0.15) is 0 Å². The highest BCUT2D eigenvalue weighted by Crippen LogP contribution is 2.37. The number of piperidine rings is 1. The van der Waals surface area contributed by atoms with Crippen molar-refractivity contribution < 1.29 is 4.79 Å². The third kappa shape index (κ3) is 3.22. The SMILES string of the molecule is C#CCN1CCC(C(=O)N2CCC[C@@H]2c2cccc3ccccc23)CC1. The molecule has 0 bridgehead atoms. The summed E-state index contributed by atoms with van der Waals surface area (Å²) in [6.07, 6.45) is 9.43. The average molecular weight is 346 g/mol. The molecule has 3 nitrogen and oxygen atoms in total. The third-order valence-electron chi connectivity index (χ3n) is 5.97. The molecule has 2 aliphatic rings. The number of carbonyl (C=O) groups is 1. The molecule has 0 aliphatic carbocycles. The van der Waals surface area contributed by atoms with Crippen molar-refractivity contribution in [3.8, 4) is 12.3 Å². The molecule has 3 heteroatoms. The summed E-state index contributed by atoms with van der Waals surface area (Å²) in [7, 11) is 0. The zero-order chi connectivity index (χ0) is 17.9. The van der Waals surface area contributed by atoms with E-state index < -0.39 is 0 Å². The summed E-state index contributed by atoms with van der Waals surface area (Å²) in [5.74, 6) is 3.21. The van der Waals surface area contributed by atoms with E-state index in [1.54, 1.807) is 0 Å². The van der Waals surface area contributed by atoms with Gasteiger partial charge in [-0.05, 0) is 55.1 Å². The molecular formula is C23H26N2O. The second-order valence-electron chi connectivity index (χ2n) is 7.51. The van der Waals surface area contributed by atoms with Crippen LogP contribution in [0.1, 0.15) is 37.3 Å². The number of hydrogen-bond donors (Lipinski definition) is 0. The van der Waals surface area contributed by atoms with Gasteiger partial charge in [-0.25, -0.2) is 0 Å². The van der Waals surface area contributed by atoms with E-state index >= 15 is 0 Å². The van der Waals surface area contributed by atoms with Crippen LogP contribution in [0, 0.1) is 18.3 Å². The molecular weight excluding hydrogens is 320 g/mol. The minimum Gasteiger partial charge on any atom is -0.335 e. The number of rotatable bonds is 3. The van der Waals surface area contributed by atoms with Gasteiger partial charge in [-0.15, -0.1) is 6.42 Å². The lowest BCUT2D eigenvalue weighted by atomic mass is 9.93. The highest BCUT2D eigenvalue weighted by Gasteiger charge is 2.35. The molecule has 0 saturated carbocycles. The maximum absolute atomic E-state index is 13.3. The Morgan fingerprint density at radius 3 is 2.62 bits per heavy atom. The van der Waals surface area contributed by atoms with E-state index in [-0.39, 0.29) is 12.0 Å². The molecule has 0 aromatic heterocycles. The van der Waals surface area contributed by atoms with Crippen LogP contribution < -0.4 is 0 Å². The molecule has 2 fully saturated rings. The van der Waals surface area contributed by atoms with Gasteiger partial charge in [-0.3, -0.25) is 9.69 Å². The number of nitrogens with zero attached hydrogens (tertiary/aromatic N) is 2. The van der Waals surface area contributed by atoms with Gasteiger partial charge in [-0.1, -0.05) is 48.4 Å². The number of amides is 1. The summed E-state index contributed by atoms with van der Waals surface area (Å²) in [6.45, 7) is 3.46. The van der Waals surface area contributed by atoms with E-state index in [2.05, 4.69) is 58.2 Å². The predicted octanol–water partition coefficient (Wildman–Crippen LogP) is 3.85. The van der Waals surface area contributed by atoms with E-state index in [9.17, 15) is 4.79 Å². The number of terminal acetylenes is 1. The number of hydrogen-bond acceptors (Lipinski definition) is 2. The summed E-state index contributed by atoms with van der Waals surface area (Å²) in [4.78, 5) is 17.7. The standard InChI is InChI=1S/C23H26N2O/c1-2-14-24-16-12-19(13-17-24)23(26)25-15-6-11-22(25)21-10-5-8-18-7-3-4-9-20(18)21/h1,3-5,7-10,19,22H,6,11-17H2/t22-/m1/s1. The molecule has 0 unspecified atom stereocenters. The maximum Gasteiger partial charge on any atom is 0.226 e. The smallest absolute Gasteiger partial charge is 0.226 e. The minimum absolute atomic E-state index is 0.152. The van der Waals surface area contributed by atoms with Crippen LogP contribution in [0.3, 0.4) is 0 Å². The largest absolute Gasteiger partial charge is 0.335 e. The highest BCUT2D eigenvalue weighted by molar-refractivity contribution is 5.87. The summed E-state index contributed by atoms with van der Waals surface area (Å²) >= 11 is 0. The molecule has 1 amide bonds. The molecule has 2 aliphatic heterocycles. The summed E-state index contributed by atoms with van der Waals surface area (Å²) in [5, 5.41) is 2.54. The van der Waals surface area contributed by atoms with Crippen LogP contribution in [0.4, 0.5) is 0 Å². The molecule has 4 rings (SSSR count). The van der Waals surface area contributed by atoms with Gasteiger partial charge in [0.15, 0.2) is 0 Å². The van der Waals surface area contributed by atoms with Gasteiger partial charge in [0.2, 0.25) is 5.91 Å². The van der Waals surface area contributed by atoms with Gasteiger partial charge in [0.1, 0.15) is 0 Å². The molecule has 26 heavy (non-hydrogen) atoms. The van der Waals surface area contributed by atoms with E-state index in [0.717, 1.165) is 45.3 Å². The normalized spacial score (nSPS) is 21.8. The summed E-state index contributed by atoms with van der Waals surface area (Å²) < 4.78 is 0. The van der Waals surface area contributed by atoms with Crippen LogP contribution in [0.25, 0.3) is 10.8 Å². The summed E-state index contributed by atoms with van der Waals surface area (Å²) in [6, 6.07) is 15.2. The molecule has 0 radical (unpaired) electrons. The first-order chi connectivity index (χ1) is 12.8. The van der Waals surface area contributed by atoms with Crippen molar-refractivity contribution in [2.45, 2.75) is 31.7 Å². The lowest BCUT2D eigenvalue weighted by Gasteiger charge is -2.34. The van der Waals surface area contributed by atoms with Crippen molar-refractivity contribution in [3.05, 3.63) is 48.0 Å². The zero-order valence-electron chi connectivity index (χ0n) is 15.2. The Hall–Kier alpha value is -2.31. The fourth-order valence-corrected chi connectivity index (χ4v) is 4.60. The average Bonchev–Trinajstić information content (AvgIpc) is 3.17.